The fourth-order valence-electron chi connectivity index (χ4n) is 8.07. The molecule has 0 saturated carbocycles. The van der Waals surface area contributed by atoms with Crippen LogP contribution in [0.15, 0.2) is 174 Å². The maximum atomic E-state index is 3.97. The lowest BCUT2D eigenvalue weighted by atomic mass is 9.72. The van der Waals surface area contributed by atoms with Gasteiger partial charge in [0.1, 0.15) is 0 Å². The molecule has 0 radical (unpaired) electrons. The van der Waals surface area contributed by atoms with E-state index in [1.165, 1.54) is 65.5 Å². The number of benzene rings is 2. The van der Waals surface area contributed by atoms with Crippen LogP contribution in [0, 0.1) is 11.8 Å². The number of rotatable bonds is 7. The molecule has 3 unspecified atom stereocenters. The van der Waals surface area contributed by atoms with Gasteiger partial charge in [-0.3, -0.25) is 0 Å². The highest BCUT2D eigenvalue weighted by Gasteiger charge is 2.32. The lowest BCUT2D eigenvalue weighted by Crippen LogP contribution is -2.20. The highest BCUT2D eigenvalue weighted by atomic mass is 14.4. The van der Waals surface area contributed by atoms with Crippen LogP contribution in [0.2, 0.25) is 0 Å². The molecule has 8 rings (SSSR count). The van der Waals surface area contributed by atoms with Crippen molar-refractivity contribution in [3.63, 3.8) is 0 Å². The third-order valence-electron chi connectivity index (χ3n) is 10.4. The molecule has 0 N–H and O–H groups in total. The second-order valence-electron chi connectivity index (χ2n) is 13.4. The molecule has 230 valence electrons. The molecule has 6 aliphatic carbocycles. The van der Waals surface area contributed by atoms with E-state index in [9.17, 15) is 0 Å². The van der Waals surface area contributed by atoms with Gasteiger partial charge in [-0.05, 0) is 108 Å². The third kappa shape index (κ3) is 6.87. The molecular weight excluding hydrogens is 553 g/mol. The second kappa shape index (κ2) is 14.3. The molecule has 0 aliphatic heterocycles. The van der Waals surface area contributed by atoms with Crippen molar-refractivity contribution in [2.45, 2.75) is 63.7 Å². The fraction of sp³-hybridized carbons (Fsp3) is 0.261. The predicted octanol–water partition coefficient (Wildman–Crippen LogP) is 12.0. The fourth-order valence-corrected chi connectivity index (χ4v) is 8.07. The van der Waals surface area contributed by atoms with Crippen molar-refractivity contribution in [3.05, 3.63) is 196 Å². The Hall–Kier alpha value is -4.42. The molecule has 0 nitrogen and oxygen atoms in total. The van der Waals surface area contributed by atoms with Crippen LogP contribution in [0.3, 0.4) is 0 Å². The maximum absolute atomic E-state index is 3.97. The summed E-state index contributed by atoms with van der Waals surface area (Å²) in [6.07, 6.45) is 45.0. The second-order valence-corrected chi connectivity index (χ2v) is 13.4. The predicted molar refractivity (Wildman–Crippen MR) is 197 cm³/mol. The van der Waals surface area contributed by atoms with Gasteiger partial charge in [0.25, 0.3) is 0 Å². The molecule has 0 heteroatoms. The van der Waals surface area contributed by atoms with Gasteiger partial charge < -0.3 is 0 Å². The minimum atomic E-state index is 0.540. The Morgan fingerprint density at radius 2 is 1.72 bits per heavy atom. The van der Waals surface area contributed by atoms with Crippen LogP contribution in [0.5, 0.6) is 0 Å². The van der Waals surface area contributed by atoms with E-state index < -0.39 is 0 Å². The van der Waals surface area contributed by atoms with E-state index in [2.05, 4.69) is 140 Å². The monoisotopic (exact) mass is 598 g/mol. The van der Waals surface area contributed by atoms with Gasteiger partial charge in [0.05, 0.1) is 0 Å². The first-order valence-electron chi connectivity index (χ1n) is 17.4. The van der Waals surface area contributed by atoms with E-state index in [0.29, 0.717) is 17.8 Å². The summed E-state index contributed by atoms with van der Waals surface area (Å²) in [6, 6.07) is 17.7. The quantitative estimate of drug-likeness (QED) is 0.278. The summed E-state index contributed by atoms with van der Waals surface area (Å²) in [5.41, 5.74) is 14.8. The Labute approximate surface area is 276 Å². The summed E-state index contributed by atoms with van der Waals surface area (Å²) in [5, 5.41) is 0. The van der Waals surface area contributed by atoms with Gasteiger partial charge in [-0.1, -0.05) is 157 Å². The molecule has 0 bridgehead atoms. The Morgan fingerprint density at radius 1 is 0.826 bits per heavy atom. The molecule has 46 heavy (non-hydrogen) atoms. The number of hydrogen-bond donors (Lipinski definition) is 0. The topological polar surface area (TPSA) is 0 Å². The molecule has 2 aromatic carbocycles. The first-order valence-corrected chi connectivity index (χ1v) is 17.4. The molecule has 0 aromatic heterocycles. The van der Waals surface area contributed by atoms with E-state index in [0.717, 1.165) is 25.7 Å². The molecule has 2 aromatic rings. The highest BCUT2D eigenvalue weighted by molar-refractivity contribution is 5.67. The standard InChI is InChI=1S/C26H26.C20H20/c1-3-9-19(10-4-1)26(20-11-5-2-6-12-20)22-15-16-25-23(18-22)17-21-13-7-8-14-24(21)25;1-2-16(12-17-8-4-3-5-9-17)13-18-14-19-10-6-7-11-20(19)15-18/h1-5,7-9,11,13-15,18-19,25-26H,6,10,12,16-17H2;2,4,6-11,13-14H,1,3,5,12,15H2/b;16-13+. The Morgan fingerprint density at radius 3 is 2.50 bits per heavy atom. The molecule has 0 heterocycles. The number of fused-ring (bicyclic) bond motifs is 4. The molecule has 6 aliphatic rings. The van der Waals surface area contributed by atoms with Crippen LogP contribution in [0.1, 0.15) is 73.1 Å². The highest BCUT2D eigenvalue weighted by Crippen LogP contribution is 2.46. The van der Waals surface area contributed by atoms with Crippen molar-refractivity contribution in [2.75, 3.05) is 0 Å². The lowest BCUT2D eigenvalue weighted by Gasteiger charge is -2.32. The summed E-state index contributed by atoms with van der Waals surface area (Å²) in [7, 11) is 0. The van der Waals surface area contributed by atoms with Crippen molar-refractivity contribution in [3.8, 4) is 0 Å². The zero-order chi connectivity index (χ0) is 31.1. The van der Waals surface area contributed by atoms with Crippen LogP contribution >= 0.6 is 0 Å². The smallest absolute Gasteiger partial charge is 0.0114 e. The van der Waals surface area contributed by atoms with Gasteiger partial charge in [0.2, 0.25) is 0 Å². The Balaban J connectivity index is 0.000000152. The average Bonchev–Trinajstić information content (AvgIpc) is 3.70. The van der Waals surface area contributed by atoms with Crippen molar-refractivity contribution >= 4 is 6.08 Å². The van der Waals surface area contributed by atoms with E-state index in [-0.39, 0.29) is 0 Å². The van der Waals surface area contributed by atoms with Gasteiger partial charge in [0, 0.05) is 11.8 Å². The first-order chi connectivity index (χ1) is 22.7. The van der Waals surface area contributed by atoms with Gasteiger partial charge in [0.15, 0.2) is 0 Å². The molecule has 0 spiro atoms. The molecule has 0 saturated heterocycles. The summed E-state index contributed by atoms with van der Waals surface area (Å²) in [4.78, 5) is 0. The molecule has 3 atom stereocenters. The normalized spacial score (nSPS) is 23.0. The van der Waals surface area contributed by atoms with E-state index >= 15 is 0 Å². The summed E-state index contributed by atoms with van der Waals surface area (Å²) >= 11 is 0. The zero-order valence-corrected chi connectivity index (χ0v) is 27.1. The van der Waals surface area contributed by atoms with Crippen LogP contribution in [-0.4, -0.2) is 0 Å². The number of hydrogen-bond acceptors (Lipinski definition) is 0. The summed E-state index contributed by atoms with van der Waals surface area (Å²) in [6.45, 7) is 3.97. The molecule has 0 amide bonds. The van der Waals surface area contributed by atoms with Gasteiger partial charge in [-0.25, -0.2) is 0 Å². The third-order valence-corrected chi connectivity index (χ3v) is 10.4. The largest absolute Gasteiger partial charge is 0.0988 e. The van der Waals surface area contributed by atoms with Crippen molar-refractivity contribution in [1.82, 2.24) is 0 Å². The van der Waals surface area contributed by atoms with Crippen LogP contribution in [-0.2, 0) is 12.8 Å². The summed E-state index contributed by atoms with van der Waals surface area (Å²) in [5.74, 6) is 1.76. The van der Waals surface area contributed by atoms with Crippen molar-refractivity contribution in [2.24, 2.45) is 11.8 Å². The van der Waals surface area contributed by atoms with E-state index in [4.69, 9.17) is 0 Å². The molecular formula is C46H46. The van der Waals surface area contributed by atoms with E-state index in [1.807, 2.05) is 6.08 Å². The SMILES string of the molecule is C1=CCCC(C(C2=CCC3C(=C2)Cc2ccccc23)C2C=CC=CC2)=C1.C=C/C(=C\C1=Cc2ccccc2C1)CC1=CCCC=C1. The van der Waals surface area contributed by atoms with Crippen molar-refractivity contribution in [1.29, 1.82) is 0 Å². The lowest BCUT2D eigenvalue weighted by molar-refractivity contribution is 0.500. The van der Waals surface area contributed by atoms with Crippen LogP contribution < -0.4 is 0 Å². The Bertz CT molecular complexity index is 1780. The number of allylic oxidation sites excluding steroid dienone is 20. The minimum absolute atomic E-state index is 0.540. The van der Waals surface area contributed by atoms with Crippen molar-refractivity contribution < 1.29 is 0 Å². The van der Waals surface area contributed by atoms with Crippen LogP contribution in [0.25, 0.3) is 6.08 Å². The average molecular weight is 599 g/mol. The minimum Gasteiger partial charge on any atom is -0.0988 e. The summed E-state index contributed by atoms with van der Waals surface area (Å²) < 4.78 is 0. The van der Waals surface area contributed by atoms with E-state index in [1.54, 1.807) is 22.3 Å². The zero-order valence-electron chi connectivity index (χ0n) is 27.1. The maximum Gasteiger partial charge on any atom is 0.0114 e. The van der Waals surface area contributed by atoms with Gasteiger partial charge in [-0.15, -0.1) is 0 Å². The van der Waals surface area contributed by atoms with Gasteiger partial charge in [-0.2, -0.15) is 0 Å². The van der Waals surface area contributed by atoms with Crippen LogP contribution in [0.4, 0.5) is 0 Å². The molecule has 0 fully saturated rings. The van der Waals surface area contributed by atoms with Gasteiger partial charge >= 0.3 is 0 Å². The Kier molecular flexibility index (Phi) is 9.43. The first kappa shape index (κ1) is 30.2.